The molecule has 0 atom stereocenters. The summed E-state index contributed by atoms with van der Waals surface area (Å²) in [6.45, 7) is 0. The highest BCUT2D eigenvalue weighted by molar-refractivity contribution is 6.01. The Hall–Kier alpha value is -8.26. The van der Waals surface area contributed by atoms with Crippen molar-refractivity contribution in [2.75, 3.05) is 4.90 Å². The monoisotopic (exact) mass is 801 g/mol. The van der Waals surface area contributed by atoms with E-state index in [1.165, 1.54) is 77.2 Å². The molecule has 11 aromatic rings. The van der Waals surface area contributed by atoms with Crippen LogP contribution < -0.4 is 4.90 Å². The first-order valence-corrected chi connectivity index (χ1v) is 21.7. The van der Waals surface area contributed by atoms with E-state index in [9.17, 15) is 0 Å². The molecule has 0 saturated carbocycles. The van der Waals surface area contributed by atoms with Gasteiger partial charge in [0.05, 0.1) is 0 Å². The fraction of sp³-hybridized carbons (Fsp3) is 0. The number of anilines is 3. The van der Waals surface area contributed by atoms with Gasteiger partial charge in [-0.25, -0.2) is 0 Å². The van der Waals surface area contributed by atoms with Gasteiger partial charge in [-0.05, 0) is 125 Å². The molecule has 63 heavy (non-hydrogen) atoms. The van der Waals surface area contributed by atoms with Gasteiger partial charge in [-0.2, -0.15) is 0 Å². The van der Waals surface area contributed by atoms with E-state index >= 15 is 0 Å². The third kappa shape index (κ3) is 7.37. The Morgan fingerprint density at radius 3 is 1.00 bits per heavy atom. The number of nitrogens with zero attached hydrogens (tertiary/aromatic N) is 1. The van der Waals surface area contributed by atoms with Crippen LogP contribution in [0.2, 0.25) is 0 Å². The van der Waals surface area contributed by atoms with Crippen LogP contribution in [0.3, 0.4) is 0 Å². The molecule has 0 N–H and O–H groups in total. The Balaban J connectivity index is 1.12. The second-order valence-electron chi connectivity index (χ2n) is 16.1. The van der Waals surface area contributed by atoms with Crippen molar-refractivity contribution in [1.82, 2.24) is 0 Å². The third-order valence-corrected chi connectivity index (χ3v) is 12.3. The number of fused-ring (bicyclic) bond motifs is 2. The van der Waals surface area contributed by atoms with Gasteiger partial charge < -0.3 is 4.90 Å². The molecule has 0 heterocycles. The third-order valence-electron chi connectivity index (χ3n) is 12.3. The number of rotatable bonds is 9. The van der Waals surface area contributed by atoms with E-state index < -0.39 is 0 Å². The van der Waals surface area contributed by atoms with Crippen molar-refractivity contribution in [2.45, 2.75) is 0 Å². The molecule has 0 amide bonds. The lowest BCUT2D eigenvalue weighted by molar-refractivity contribution is 1.28. The van der Waals surface area contributed by atoms with Crippen LogP contribution in [0, 0.1) is 0 Å². The first-order chi connectivity index (χ1) is 31.2. The van der Waals surface area contributed by atoms with Crippen molar-refractivity contribution in [2.24, 2.45) is 0 Å². The van der Waals surface area contributed by atoms with Gasteiger partial charge >= 0.3 is 0 Å². The molecule has 0 bridgehead atoms. The topological polar surface area (TPSA) is 3.24 Å². The molecule has 0 radical (unpaired) electrons. The quantitative estimate of drug-likeness (QED) is 0.141. The van der Waals surface area contributed by atoms with Crippen molar-refractivity contribution in [3.05, 3.63) is 261 Å². The van der Waals surface area contributed by atoms with Crippen LogP contribution in [0.25, 0.3) is 88.3 Å². The second-order valence-corrected chi connectivity index (χ2v) is 16.1. The van der Waals surface area contributed by atoms with Crippen molar-refractivity contribution < 1.29 is 0 Å². The highest BCUT2D eigenvalue weighted by Crippen LogP contribution is 2.47. The van der Waals surface area contributed by atoms with Crippen molar-refractivity contribution in [3.8, 4) is 66.8 Å². The average molecular weight is 802 g/mol. The zero-order valence-corrected chi connectivity index (χ0v) is 34.8. The molecule has 1 nitrogen and oxygen atoms in total. The number of hydrogen-bond donors (Lipinski definition) is 0. The van der Waals surface area contributed by atoms with Gasteiger partial charge in [-0.1, -0.05) is 224 Å². The standard InChI is InChI=1S/C62H43N/c1-4-16-44(17-5-1)45-30-32-52(33-31-45)62-60(48-18-6-2-7-19-48)42-55(43-61(62)49-20-8-3-9-21-49)63(53-38-34-50(35-39-53)58-28-14-24-46-22-10-12-26-56(46)58)54-40-36-51(37-41-54)59-29-15-25-47-23-11-13-27-57(47)59/h1-43H. The van der Waals surface area contributed by atoms with Gasteiger partial charge in [0.1, 0.15) is 0 Å². The number of hydrogen-bond acceptors (Lipinski definition) is 1. The first kappa shape index (κ1) is 37.7. The summed E-state index contributed by atoms with van der Waals surface area (Å²) in [6.07, 6.45) is 0. The molecule has 0 aliphatic rings. The molecule has 0 fully saturated rings. The Morgan fingerprint density at radius 1 is 0.206 bits per heavy atom. The van der Waals surface area contributed by atoms with Crippen molar-refractivity contribution in [3.63, 3.8) is 0 Å². The lowest BCUT2D eigenvalue weighted by Crippen LogP contribution is -2.11. The summed E-state index contributed by atoms with van der Waals surface area (Å²) in [5.74, 6) is 0. The van der Waals surface area contributed by atoms with E-state index in [0.717, 1.165) is 28.2 Å². The van der Waals surface area contributed by atoms with Crippen LogP contribution in [-0.4, -0.2) is 0 Å². The summed E-state index contributed by atoms with van der Waals surface area (Å²) in [5, 5.41) is 4.98. The van der Waals surface area contributed by atoms with Crippen LogP contribution in [0.15, 0.2) is 261 Å². The molecule has 296 valence electrons. The molecule has 0 aliphatic heterocycles. The highest BCUT2D eigenvalue weighted by atomic mass is 15.1. The fourth-order valence-corrected chi connectivity index (χ4v) is 9.20. The molecule has 11 rings (SSSR count). The molecule has 0 aliphatic carbocycles. The van der Waals surface area contributed by atoms with E-state index in [1.807, 2.05) is 0 Å². The summed E-state index contributed by atoms with van der Waals surface area (Å²) in [7, 11) is 0. The molecular formula is C62H43N. The minimum Gasteiger partial charge on any atom is -0.310 e. The minimum atomic E-state index is 1.08. The molecule has 0 aromatic heterocycles. The second kappa shape index (κ2) is 16.7. The van der Waals surface area contributed by atoms with Crippen LogP contribution in [0.4, 0.5) is 17.1 Å². The zero-order chi connectivity index (χ0) is 42.0. The summed E-state index contributed by atoms with van der Waals surface area (Å²) in [6, 6.07) is 94.8. The number of benzene rings is 11. The van der Waals surface area contributed by atoms with Crippen LogP contribution in [-0.2, 0) is 0 Å². The predicted octanol–water partition coefficient (Wildman–Crippen LogP) is 17.5. The lowest BCUT2D eigenvalue weighted by atomic mass is 9.86. The summed E-state index contributed by atoms with van der Waals surface area (Å²) >= 11 is 0. The molecule has 0 unspecified atom stereocenters. The van der Waals surface area contributed by atoms with Crippen LogP contribution >= 0.6 is 0 Å². The van der Waals surface area contributed by atoms with E-state index in [4.69, 9.17) is 0 Å². The highest BCUT2D eigenvalue weighted by Gasteiger charge is 2.22. The molecule has 11 aromatic carbocycles. The fourth-order valence-electron chi connectivity index (χ4n) is 9.20. The average Bonchev–Trinajstić information content (AvgIpc) is 3.37. The Bertz CT molecular complexity index is 3140. The summed E-state index contributed by atoms with van der Waals surface area (Å²) in [5.41, 5.74) is 17.5. The first-order valence-electron chi connectivity index (χ1n) is 21.7. The SMILES string of the molecule is c1ccc(-c2ccc(-c3c(-c4ccccc4)cc(N(c4ccc(-c5cccc6ccccc56)cc4)c4ccc(-c5cccc6ccccc56)cc4)cc3-c3ccccc3)cc2)cc1. The van der Waals surface area contributed by atoms with Crippen LogP contribution in [0.5, 0.6) is 0 Å². The maximum absolute atomic E-state index is 2.42. The Kier molecular flexibility index (Phi) is 9.97. The Morgan fingerprint density at radius 2 is 0.540 bits per heavy atom. The van der Waals surface area contributed by atoms with Crippen LogP contribution in [0.1, 0.15) is 0 Å². The maximum Gasteiger partial charge on any atom is 0.0474 e. The maximum atomic E-state index is 2.42. The summed E-state index contributed by atoms with van der Waals surface area (Å²) in [4.78, 5) is 2.42. The van der Waals surface area contributed by atoms with Crippen molar-refractivity contribution >= 4 is 38.6 Å². The van der Waals surface area contributed by atoms with Gasteiger partial charge in [-0.15, -0.1) is 0 Å². The van der Waals surface area contributed by atoms with Gasteiger partial charge in [-0.3, -0.25) is 0 Å². The molecule has 1 heteroatoms. The molecule has 0 saturated heterocycles. The van der Waals surface area contributed by atoms with Gasteiger partial charge in [0.15, 0.2) is 0 Å². The lowest BCUT2D eigenvalue weighted by Gasteiger charge is -2.29. The summed E-state index contributed by atoms with van der Waals surface area (Å²) < 4.78 is 0. The van der Waals surface area contributed by atoms with E-state index in [1.54, 1.807) is 0 Å². The van der Waals surface area contributed by atoms with E-state index in [0.29, 0.717) is 0 Å². The van der Waals surface area contributed by atoms with Gasteiger partial charge in [0, 0.05) is 17.1 Å². The Labute approximate surface area is 369 Å². The smallest absolute Gasteiger partial charge is 0.0474 e. The zero-order valence-electron chi connectivity index (χ0n) is 34.8. The van der Waals surface area contributed by atoms with E-state index in [2.05, 4.69) is 266 Å². The normalized spacial score (nSPS) is 11.2. The van der Waals surface area contributed by atoms with Gasteiger partial charge in [0.25, 0.3) is 0 Å². The molecule has 0 spiro atoms. The van der Waals surface area contributed by atoms with Gasteiger partial charge in [0.2, 0.25) is 0 Å². The van der Waals surface area contributed by atoms with E-state index in [-0.39, 0.29) is 0 Å². The largest absolute Gasteiger partial charge is 0.310 e. The van der Waals surface area contributed by atoms with Crippen molar-refractivity contribution in [1.29, 1.82) is 0 Å². The minimum absolute atomic E-state index is 1.08. The predicted molar refractivity (Wildman–Crippen MR) is 269 cm³/mol. The molecular weight excluding hydrogens is 759 g/mol.